The van der Waals surface area contributed by atoms with E-state index in [0.717, 1.165) is 33.9 Å². The van der Waals surface area contributed by atoms with Gasteiger partial charge in [0.1, 0.15) is 5.75 Å². The quantitative estimate of drug-likeness (QED) is 0.564. The van der Waals surface area contributed by atoms with Crippen LogP contribution in [-0.2, 0) is 5.41 Å². The summed E-state index contributed by atoms with van der Waals surface area (Å²) < 4.78 is 0. The van der Waals surface area contributed by atoms with Gasteiger partial charge >= 0.3 is 0 Å². The first-order chi connectivity index (χ1) is 13.4. The Labute approximate surface area is 166 Å². The average molecular weight is 368 g/mol. The fourth-order valence-electron chi connectivity index (χ4n) is 3.38. The topological polar surface area (TPSA) is 45.0 Å². The van der Waals surface area contributed by atoms with Crippen LogP contribution in [-0.4, -0.2) is 16.5 Å². The molecule has 0 amide bonds. The van der Waals surface area contributed by atoms with Crippen LogP contribution in [0.15, 0.2) is 82.8 Å². The molecule has 0 atom stereocenters. The van der Waals surface area contributed by atoms with Crippen LogP contribution in [0.1, 0.15) is 43.9 Å². The molecule has 1 aliphatic heterocycles. The Morgan fingerprint density at radius 2 is 1.29 bits per heavy atom. The molecule has 0 saturated carbocycles. The molecule has 3 nitrogen and oxygen atoms in total. The van der Waals surface area contributed by atoms with Crippen molar-refractivity contribution in [3.63, 3.8) is 0 Å². The van der Waals surface area contributed by atoms with E-state index in [-0.39, 0.29) is 11.2 Å². The number of benzene rings is 3. The zero-order valence-corrected chi connectivity index (χ0v) is 16.5. The summed E-state index contributed by atoms with van der Waals surface area (Å²) in [6, 6.07) is 23.8. The van der Waals surface area contributed by atoms with Crippen LogP contribution in [0.25, 0.3) is 0 Å². The summed E-state index contributed by atoms with van der Waals surface area (Å²) >= 11 is 0. The lowest BCUT2D eigenvalue weighted by Crippen LogP contribution is -2.13. The first-order valence-electron chi connectivity index (χ1n) is 9.55. The molecule has 28 heavy (non-hydrogen) atoms. The molecule has 4 rings (SSSR count). The van der Waals surface area contributed by atoms with E-state index in [0.29, 0.717) is 6.42 Å². The van der Waals surface area contributed by atoms with E-state index in [2.05, 4.69) is 45.0 Å². The summed E-state index contributed by atoms with van der Waals surface area (Å²) in [4.78, 5) is 9.77. The van der Waals surface area contributed by atoms with Gasteiger partial charge in [0.05, 0.1) is 22.8 Å². The zero-order chi connectivity index (χ0) is 19.7. The molecule has 0 spiro atoms. The van der Waals surface area contributed by atoms with Crippen LogP contribution in [0.2, 0.25) is 0 Å². The summed E-state index contributed by atoms with van der Waals surface area (Å²) in [5, 5.41) is 10.4. The normalized spacial score (nSPS) is 14.0. The molecule has 140 valence electrons. The maximum atomic E-state index is 10.4. The van der Waals surface area contributed by atoms with Crippen molar-refractivity contribution in [3.05, 3.63) is 89.5 Å². The third kappa shape index (κ3) is 3.61. The van der Waals surface area contributed by atoms with Gasteiger partial charge in [0.2, 0.25) is 0 Å². The van der Waals surface area contributed by atoms with Crippen molar-refractivity contribution in [2.45, 2.75) is 32.6 Å². The lowest BCUT2D eigenvalue weighted by molar-refractivity contribution is 0.474. The third-order valence-corrected chi connectivity index (χ3v) is 5.03. The number of phenolic OH excluding ortho intramolecular Hbond substituents is 1. The minimum atomic E-state index is 0.110. The van der Waals surface area contributed by atoms with E-state index >= 15 is 0 Å². The minimum Gasteiger partial charge on any atom is -0.507 e. The van der Waals surface area contributed by atoms with E-state index in [9.17, 15) is 5.11 Å². The maximum Gasteiger partial charge on any atom is 0.124 e. The van der Waals surface area contributed by atoms with Gasteiger partial charge in [0.25, 0.3) is 0 Å². The highest BCUT2D eigenvalue weighted by atomic mass is 16.3. The van der Waals surface area contributed by atoms with E-state index in [1.165, 1.54) is 5.56 Å². The van der Waals surface area contributed by atoms with Crippen LogP contribution in [0.3, 0.4) is 0 Å². The SMILES string of the molecule is CC(C)(C)c1ccc(C2=Nc3ccccc3N=C(c3ccccc3O)C2)cc1. The third-order valence-electron chi connectivity index (χ3n) is 5.03. The first kappa shape index (κ1) is 18.2. The monoisotopic (exact) mass is 368 g/mol. The molecule has 0 aromatic heterocycles. The van der Waals surface area contributed by atoms with E-state index in [1.807, 2.05) is 42.5 Å². The second kappa shape index (κ2) is 7.08. The Morgan fingerprint density at radius 1 is 0.714 bits per heavy atom. The number of nitrogens with zero attached hydrogens (tertiary/aromatic N) is 2. The number of hydrogen-bond acceptors (Lipinski definition) is 3. The Bertz CT molecular complexity index is 1070. The number of aliphatic imine (C=N–C) groups is 2. The molecule has 1 heterocycles. The number of para-hydroxylation sites is 3. The second-order valence-electron chi connectivity index (χ2n) is 8.13. The minimum absolute atomic E-state index is 0.110. The number of hydrogen-bond donors (Lipinski definition) is 1. The van der Waals surface area contributed by atoms with Crippen molar-refractivity contribution in [2.24, 2.45) is 9.98 Å². The Kier molecular flexibility index (Phi) is 4.60. The standard InChI is InChI=1S/C25H24N2O/c1-25(2,3)18-14-12-17(13-15-18)22-16-23(19-8-4-7-11-24(19)28)27-21-10-6-5-9-20(21)26-22/h4-15,28H,16H2,1-3H3. The average Bonchev–Trinajstić information content (AvgIpc) is 2.87. The molecular weight excluding hydrogens is 344 g/mol. The highest BCUT2D eigenvalue weighted by Gasteiger charge is 2.19. The summed E-state index contributed by atoms with van der Waals surface area (Å²) in [6.07, 6.45) is 0.557. The Hall–Kier alpha value is -3.20. The molecule has 3 aromatic rings. The second-order valence-corrected chi connectivity index (χ2v) is 8.13. The maximum absolute atomic E-state index is 10.4. The van der Waals surface area contributed by atoms with Gasteiger partial charge in [-0.1, -0.05) is 69.3 Å². The predicted molar refractivity (Wildman–Crippen MR) is 117 cm³/mol. The molecule has 1 N–H and O–H groups in total. The Balaban J connectivity index is 1.81. The van der Waals surface area contributed by atoms with Gasteiger partial charge in [-0.3, -0.25) is 9.98 Å². The van der Waals surface area contributed by atoms with Gasteiger partial charge in [-0.05, 0) is 40.8 Å². The van der Waals surface area contributed by atoms with E-state index < -0.39 is 0 Å². The zero-order valence-electron chi connectivity index (χ0n) is 16.5. The number of rotatable bonds is 2. The predicted octanol–water partition coefficient (Wildman–Crippen LogP) is 6.34. The highest BCUT2D eigenvalue weighted by Crippen LogP contribution is 2.34. The van der Waals surface area contributed by atoms with Gasteiger partial charge in [0, 0.05) is 12.0 Å². The molecule has 0 saturated heterocycles. The number of phenols is 1. The molecular formula is C25H24N2O. The van der Waals surface area contributed by atoms with Crippen LogP contribution in [0.4, 0.5) is 11.4 Å². The van der Waals surface area contributed by atoms with Gasteiger partial charge < -0.3 is 5.11 Å². The molecule has 0 unspecified atom stereocenters. The van der Waals surface area contributed by atoms with Crippen LogP contribution in [0, 0.1) is 0 Å². The van der Waals surface area contributed by atoms with Crippen molar-refractivity contribution >= 4 is 22.8 Å². The lowest BCUT2D eigenvalue weighted by Gasteiger charge is -2.19. The van der Waals surface area contributed by atoms with Crippen molar-refractivity contribution in [2.75, 3.05) is 0 Å². The molecule has 0 aliphatic carbocycles. The van der Waals surface area contributed by atoms with E-state index in [1.54, 1.807) is 6.07 Å². The molecule has 0 fully saturated rings. The Morgan fingerprint density at radius 3 is 1.89 bits per heavy atom. The highest BCUT2D eigenvalue weighted by molar-refractivity contribution is 6.21. The largest absolute Gasteiger partial charge is 0.507 e. The van der Waals surface area contributed by atoms with Crippen molar-refractivity contribution in [1.82, 2.24) is 0 Å². The van der Waals surface area contributed by atoms with Crippen LogP contribution in [0.5, 0.6) is 5.75 Å². The fourth-order valence-corrected chi connectivity index (χ4v) is 3.38. The molecule has 3 aromatic carbocycles. The summed E-state index contributed by atoms with van der Waals surface area (Å²) in [6.45, 7) is 6.64. The molecule has 0 bridgehead atoms. The first-order valence-corrected chi connectivity index (χ1v) is 9.55. The van der Waals surface area contributed by atoms with Crippen LogP contribution < -0.4 is 0 Å². The summed E-state index contributed by atoms with van der Waals surface area (Å²) in [5.41, 5.74) is 6.67. The van der Waals surface area contributed by atoms with Gasteiger partial charge in [-0.15, -0.1) is 0 Å². The van der Waals surface area contributed by atoms with Crippen LogP contribution >= 0.6 is 0 Å². The van der Waals surface area contributed by atoms with Crippen molar-refractivity contribution in [3.8, 4) is 5.75 Å². The molecule has 0 radical (unpaired) electrons. The summed E-state index contributed by atoms with van der Waals surface area (Å²) in [5.74, 6) is 0.239. The van der Waals surface area contributed by atoms with Gasteiger partial charge in [-0.2, -0.15) is 0 Å². The smallest absolute Gasteiger partial charge is 0.124 e. The molecule has 3 heteroatoms. The summed E-state index contributed by atoms with van der Waals surface area (Å²) in [7, 11) is 0. The number of aromatic hydroxyl groups is 1. The fraction of sp³-hybridized carbons (Fsp3) is 0.200. The van der Waals surface area contributed by atoms with Crippen molar-refractivity contribution < 1.29 is 5.11 Å². The van der Waals surface area contributed by atoms with Gasteiger partial charge in [0.15, 0.2) is 0 Å². The lowest BCUT2D eigenvalue weighted by atomic mass is 9.86. The molecule has 1 aliphatic rings. The van der Waals surface area contributed by atoms with Crippen molar-refractivity contribution in [1.29, 1.82) is 0 Å². The van der Waals surface area contributed by atoms with Gasteiger partial charge in [-0.25, -0.2) is 0 Å². The number of fused-ring (bicyclic) bond motifs is 1. The van der Waals surface area contributed by atoms with E-state index in [4.69, 9.17) is 9.98 Å².